The quantitative estimate of drug-likeness (QED) is 0.657. The van der Waals surface area contributed by atoms with Crippen molar-refractivity contribution in [2.45, 2.75) is 0 Å². The van der Waals surface area contributed by atoms with Gasteiger partial charge in [-0.3, -0.25) is 4.79 Å². The van der Waals surface area contributed by atoms with E-state index in [-0.39, 0.29) is 12.4 Å². The van der Waals surface area contributed by atoms with E-state index in [0.717, 1.165) is 0 Å². The molecule has 0 unspecified atom stereocenters. The number of ether oxygens (including phenoxy) is 4. The molecule has 0 aliphatic carbocycles. The number of nitriles is 1. The maximum absolute atomic E-state index is 12.4. The lowest BCUT2D eigenvalue weighted by Gasteiger charge is -2.07. The highest BCUT2D eigenvalue weighted by Crippen LogP contribution is 2.42. The van der Waals surface area contributed by atoms with E-state index in [1.165, 1.54) is 13.2 Å². The number of rotatable bonds is 5. The predicted molar refractivity (Wildman–Crippen MR) is 94.3 cm³/mol. The average Bonchev–Trinajstić information content (AvgIpc) is 3.14. The van der Waals surface area contributed by atoms with E-state index >= 15 is 0 Å². The van der Waals surface area contributed by atoms with Gasteiger partial charge in [0.2, 0.25) is 12.5 Å². The van der Waals surface area contributed by atoms with Gasteiger partial charge < -0.3 is 24.3 Å². The summed E-state index contributed by atoms with van der Waals surface area (Å²) in [5.41, 5.74) is 1.09. The van der Waals surface area contributed by atoms with Crippen molar-refractivity contribution in [3.63, 3.8) is 0 Å². The van der Waals surface area contributed by atoms with Gasteiger partial charge in [-0.25, -0.2) is 0 Å². The van der Waals surface area contributed by atoms with Crippen LogP contribution in [0.2, 0.25) is 0 Å². The average molecular weight is 352 g/mol. The van der Waals surface area contributed by atoms with Gasteiger partial charge in [0, 0.05) is 5.69 Å². The van der Waals surface area contributed by atoms with Gasteiger partial charge in [0.05, 0.1) is 14.2 Å². The number of nitrogens with one attached hydrogen (secondary N) is 1. The van der Waals surface area contributed by atoms with Crippen LogP contribution >= 0.6 is 0 Å². The first kappa shape index (κ1) is 17.2. The Morgan fingerprint density at radius 1 is 1.19 bits per heavy atom. The predicted octanol–water partition coefficient (Wildman–Crippen LogP) is 2.98. The molecule has 3 rings (SSSR count). The van der Waals surface area contributed by atoms with Crippen molar-refractivity contribution in [2.75, 3.05) is 26.3 Å². The van der Waals surface area contributed by atoms with Gasteiger partial charge in [-0.1, -0.05) is 0 Å². The minimum absolute atomic E-state index is 0.0539. The molecule has 1 aliphatic heterocycles. The van der Waals surface area contributed by atoms with Gasteiger partial charge in [0.25, 0.3) is 5.91 Å². The van der Waals surface area contributed by atoms with Crippen molar-refractivity contribution >= 4 is 17.7 Å². The normalized spacial score (nSPS) is 12.3. The lowest BCUT2D eigenvalue weighted by molar-refractivity contribution is -0.112. The zero-order chi connectivity index (χ0) is 18.5. The molecule has 0 aromatic heterocycles. The molecule has 7 nitrogen and oxygen atoms in total. The minimum Gasteiger partial charge on any atom is -0.497 e. The third kappa shape index (κ3) is 3.54. The molecule has 7 heteroatoms. The summed E-state index contributed by atoms with van der Waals surface area (Å²) in [6, 6.07) is 12.1. The van der Waals surface area contributed by atoms with E-state index in [2.05, 4.69) is 5.32 Å². The maximum atomic E-state index is 12.4. The summed E-state index contributed by atoms with van der Waals surface area (Å²) >= 11 is 0. The molecule has 0 spiro atoms. The number of methoxy groups -OCH3 is 2. The Morgan fingerprint density at radius 2 is 1.96 bits per heavy atom. The Balaban J connectivity index is 1.83. The largest absolute Gasteiger partial charge is 0.497 e. The van der Waals surface area contributed by atoms with Crippen LogP contribution in [-0.2, 0) is 4.79 Å². The lowest BCUT2D eigenvalue weighted by atomic mass is 10.1. The number of amides is 1. The Kier molecular flexibility index (Phi) is 4.94. The van der Waals surface area contributed by atoms with Crippen LogP contribution in [0.15, 0.2) is 42.0 Å². The van der Waals surface area contributed by atoms with Crippen LogP contribution in [0.5, 0.6) is 23.0 Å². The van der Waals surface area contributed by atoms with E-state index < -0.39 is 5.91 Å². The molecular formula is C19H16N2O5. The highest BCUT2D eigenvalue weighted by atomic mass is 16.7. The van der Waals surface area contributed by atoms with Crippen LogP contribution in [0.25, 0.3) is 6.08 Å². The standard InChI is InChI=1S/C19H16N2O5/c1-23-15-5-3-14(4-6-15)21-19(22)13(10-20)7-12-8-16(24-2)18-17(9-12)25-11-26-18/h3-9H,11H2,1-2H3,(H,21,22)/b13-7+. The van der Waals surface area contributed by atoms with E-state index in [9.17, 15) is 10.1 Å². The van der Waals surface area contributed by atoms with Crippen LogP contribution in [0.1, 0.15) is 5.56 Å². The molecule has 0 saturated heterocycles. The summed E-state index contributed by atoms with van der Waals surface area (Å²) in [6.07, 6.45) is 1.46. The number of benzene rings is 2. The second-order valence-electron chi connectivity index (χ2n) is 5.31. The first-order valence-corrected chi connectivity index (χ1v) is 7.69. The topological polar surface area (TPSA) is 89.8 Å². The van der Waals surface area contributed by atoms with Crippen LogP contribution in [0, 0.1) is 11.3 Å². The SMILES string of the molecule is COc1ccc(NC(=O)/C(C#N)=C/c2cc(OC)c3c(c2)OCO3)cc1. The van der Waals surface area contributed by atoms with Crippen LogP contribution in [-0.4, -0.2) is 26.9 Å². The molecule has 1 aliphatic rings. The number of fused-ring (bicyclic) bond motifs is 1. The molecule has 1 amide bonds. The second-order valence-corrected chi connectivity index (χ2v) is 5.31. The molecule has 1 N–H and O–H groups in total. The highest BCUT2D eigenvalue weighted by molar-refractivity contribution is 6.09. The van der Waals surface area contributed by atoms with Crippen LogP contribution < -0.4 is 24.3 Å². The second kappa shape index (κ2) is 7.49. The summed E-state index contributed by atoms with van der Waals surface area (Å²) in [7, 11) is 3.07. The lowest BCUT2D eigenvalue weighted by Crippen LogP contribution is -2.13. The van der Waals surface area contributed by atoms with Crippen molar-refractivity contribution in [3.8, 4) is 29.1 Å². The number of hydrogen-bond donors (Lipinski definition) is 1. The van der Waals surface area contributed by atoms with Crippen LogP contribution in [0.3, 0.4) is 0 Å². The Hall–Kier alpha value is -3.66. The summed E-state index contributed by atoms with van der Waals surface area (Å²) < 4.78 is 21.0. The van der Waals surface area contributed by atoms with Gasteiger partial charge in [-0.2, -0.15) is 5.26 Å². The number of carbonyl (C=O) groups excluding carboxylic acids is 1. The maximum Gasteiger partial charge on any atom is 0.266 e. The fourth-order valence-electron chi connectivity index (χ4n) is 2.42. The number of carbonyl (C=O) groups is 1. The fourth-order valence-corrected chi connectivity index (χ4v) is 2.42. The zero-order valence-corrected chi connectivity index (χ0v) is 14.2. The van der Waals surface area contributed by atoms with Crippen molar-refractivity contribution in [1.29, 1.82) is 5.26 Å². The van der Waals surface area contributed by atoms with E-state index in [0.29, 0.717) is 34.2 Å². The summed E-state index contributed by atoms with van der Waals surface area (Å²) in [6.45, 7) is 0.0991. The van der Waals surface area contributed by atoms with E-state index in [4.69, 9.17) is 18.9 Å². The zero-order valence-electron chi connectivity index (χ0n) is 14.2. The number of anilines is 1. The van der Waals surface area contributed by atoms with Gasteiger partial charge in [-0.15, -0.1) is 0 Å². The third-order valence-corrected chi connectivity index (χ3v) is 3.70. The molecular weight excluding hydrogens is 336 g/mol. The van der Waals surface area contributed by atoms with E-state index in [1.807, 2.05) is 6.07 Å². The van der Waals surface area contributed by atoms with Crippen molar-refractivity contribution in [3.05, 3.63) is 47.5 Å². The van der Waals surface area contributed by atoms with E-state index in [1.54, 1.807) is 43.5 Å². The molecule has 132 valence electrons. The molecule has 0 bridgehead atoms. The van der Waals surface area contributed by atoms with Gasteiger partial charge in [0.15, 0.2) is 11.5 Å². The third-order valence-electron chi connectivity index (χ3n) is 3.70. The Bertz CT molecular complexity index is 897. The van der Waals surface area contributed by atoms with Crippen molar-refractivity contribution in [2.24, 2.45) is 0 Å². The molecule has 1 heterocycles. The summed E-state index contributed by atoms with van der Waals surface area (Å²) in [5.74, 6) is 1.63. The first-order valence-electron chi connectivity index (χ1n) is 7.69. The molecule has 0 atom stereocenters. The molecule has 26 heavy (non-hydrogen) atoms. The van der Waals surface area contributed by atoms with Gasteiger partial charge in [0.1, 0.15) is 17.4 Å². The molecule has 0 saturated carbocycles. The number of nitrogens with zero attached hydrogens (tertiary/aromatic N) is 1. The summed E-state index contributed by atoms with van der Waals surface area (Å²) in [5, 5.41) is 12.0. The van der Waals surface area contributed by atoms with Gasteiger partial charge in [-0.05, 0) is 48.0 Å². The fraction of sp³-hybridized carbons (Fsp3) is 0.158. The van der Waals surface area contributed by atoms with Crippen LogP contribution in [0.4, 0.5) is 5.69 Å². The summed E-state index contributed by atoms with van der Waals surface area (Å²) in [4.78, 5) is 12.4. The Morgan fingerprint density at radius 3 is 2.62 bits per heavy atom. The van der Waals surface area contributed by atoms with Crippen molar-refractivity contribution in [1.82, 2.24) is 0 Å². The highest BCUT2D eigenvalue weighted by Gasteiger charge is 2.20. The number of hydrogen-bond acceptors (Lipinski definition) is 6. The van der Waals surface area contributed by atoms with Gasteiger partial charge >= 0.3 is 0 Å². The monoisotopic (exact) mass is 352 g/mol. The Labute approximate surface area is 150 Å². The molecule has 0 radical (unpaired) electrons. The first-order chi connectivity index (χ1) is 12.6. The molecule has 2 aromatic rings. The minimum atomic E-state index is -0.519. The van der Waals surface area contributed by atoms with Crippen molar-refractivity contribution < 1.29 is 23.7 Å². The molecule has 0 fully saturated rings. The smallest absolute Gasteiger partial charge is 0.266 e. The molecule has 2 aromatic carbocycles.